The maximum Gasteiger partial charge on any atom is 0.137 e. The number of hydrogen-bond donors (Lipinski definition) is 0. The first-order valence-electron chi connectivity index (χ1n) is 4.40. The van der Waals surface area contributed by atoms with Gasteiger partial charge in [-0.2, -0.15) is 0 Å². The molecule has 1 nitrogen and oxygen atoms in total. The molecule has 0 heterocycles. The van der Waals surface area contributed by atoms with Crippen molar-refractivity contribution in [3.63, 3.8) is 0 Å². The van der Waals surface area contributed by atoms with Crippen LogP contribution in [0, 0.1) is 0 Å². The maximum absolute atomic E-state index is 5.41. The van der Waals surface area contributed by atoms with Crippen LogP contribution in [0.1, 0.15) is 26.3 Å². The van der Waals surface area contributed by atoms with Gasteiger partial charge in [0.2, 0.25) is 0 Å². The van der Waals surface area contributed by atoms with E-state index in [1.807, 2.05) is 12.1 Å². The molecule has 3 heteroatoms. The van der Waals surface area contributed by atoms with Crippen LogP contribution in [0.3, 0.4) is 0 Å². The van der Waals surface area contributed by atoms with Crippen molar-refractivity contribution in [1.82, 2.24) is 0 Å². The van der Waals surface area contributed by atoms with Crippen molar-refractivity contribution in [2.75, 3.05) is 7.11 Å². The molecule has 78 valence electrons. The van der Waals surface area contributed by atoms with Crippen LogP contribution >= 0.6 is 31.9 Å². The second kappa shape index (κ2) is 4.23. The zero-order chi connectivity index (χ0) is 10.9. The monoisotopic (exact) mass is 320 g/mol. The number of halogens is 2. The Hall–Kier alpha value is -0.0200. The molecule has 1 aromatic rings. The minimum atomic E-state index is 0.0634. The van der Waals surface area contributed by atoms with Gasteiger partial charge in [-0.15, -0.1) is 0 Å². The molecule has 0 aromatic heterocycles. The molecule has 14 heavy (non-hydrogen) atoms. The average Bonchev–Trinajstić information content (AvgIpc) is 2.06. The van der Waals surface area contributed by atoms with Crippen molar-refractivity contribution in [3.8, 4) is 5.75 Å². The van der Waals surface area contributed by atoms with E-state index in [9.17, 15) is 0 Å². The maximum atomic E-state index is 5.41. The molecule has 0 aliphatic carbocycles. The van der Waals surface area contributed by atoms with Crippen molar-refractivity contribution < 1.29 is 4.74 Å². The number of rotatable bonds is 1. The van der Waals surface area contributed by atoms with Crippen LogP contribution in [-0.4, -0.2) is 7.11 Å². The highest BCUT2D eigenvalue weighted by Crippen LogP contribution is 2.41. The highest BCUT2D eigenvalue weighted by atomic mass is 79.9. The Labute approximate surface area is 102 Å². The summed E-state index contributed by atoms with van der Waals surface area (Å²) in [5, 5.41) is 0. The van der Waals surface area contributed by atoms with E-state index in [1.54, 1.807) is 7.11 Å². The summed E-state index contributed by atoms with van der Waals surface area (Å²) in [5.74, 6) is 0.909. The van der Waals surface area contributed by atoms with Gasteiger partial charge in [0.1, 0.15) is 5.75 Å². The molecule has 0 spiro atoms. The van der Waals surface area contributed by atoms with Gasteiger partial charge in [0.15, 0.2) is 0 Å². The summed E-state index contributed by atoms with van der Waals surface area (Å²) in [6.45, 7) is 6.51. The summed E-state index contributed by atoms with van der Waals surface area (Å²) in [6.07, 6.45) is 0. The Bertz CT molecular complexity index is 340. The van der Waals surface area contributed by atoms with Crippen LogP contribution in [0.15, 0.2) is 21.1 Å². The largest absolute Gasteiger partial charge is 0.495 e. The van der Waals surface area contributed by atoms with Gasteiger partial charge in [-0.1, -0.05) is 36.7 Å². The van der Waals surface area contributed by atoms with E-state index in [2.05, 4.69) is 52.6 Å². The summed E-state index contributed by atoms with van der Waals surface area (Å²) < 4.78 is 7.49. The van der Waals surface area contributed by atoms with Gasteiger partial charge in [-0.3, -0.25) is 0 Å². The second-order valence-electron chi connectivity index (χ2n) is 4.19. The molecule has 0 fully saturated rings. The van der Waals surface area contributed by atoms with Crippen LogP contribution in [-0.2, 0) is 5.41 Å². The lowest BCUT2D eigenvalue weighted by Gasteiger charge is -2.24. The lowest BCUT2D eigenvalue weighted by molar-refractivity contribution is 0.394. The normalized spacial score (nSPS) is 11.6. The fourth-order valence-electron chi connectivity index (χ4n) is 1.43. The molecule has 0 atom stereocenters. The van der Waals surface area contributed by atoms with Crippen molar-refractivity contribution in [2.45, 2.75) is 26.2 Å². The first-order chi connectivity index (χ1) is 6.38. The Morgan fingerprint density at radius 2 is 1.57 bits per heavy atom. The number of methoxy groups -OCH3 is 1. The van der Waals surface area contributed by atoms with Crippen LogP contribution < -0.4 is 4.74 Å². The fraction of sp³-hybridized carbons (Fsp3) is 0.455. The minimum Gasteiger partial charge on any atom is -0.495 e. The summed E-state index contributed by atoms with van der Waals surface area (Å²) in [6, 6.07) is 4.02. The summed E-state index contributed by atoms with van der Waals surface area (Å²) in [5.41, 5.74) is 1.25. The molecule has 0 N–H and O–H groups in total. The first-order valence-corrected chi connectivity index (χ1v) is 5.99. The first kappa shape index (κ1) is 12.1. The molecular formula is C11H14Br2O. The topological polar surface area (TPSA) is 9.23 Å². The molecule has 0 unspecified atom stereocenters. The molecule has 0 saturated carbocycles. The number of ether oxygens (including phenoxy) is 1. The Kier molecular flexibility index (Phi) is 3.64. The zero-order valence-corrected chi connectivity index (χ0v) is 12.0. The molecule has 1 aromatic carbocycles. The smallest absolute Gasteiger partial charge is 0.137 e. The molecular weight excluding hydrogens is 308 g/mol. The third-order valence-corrected chi connectivity index (χ3v) is 3.30. The number of hydrogen-bond acceptors (Lipinski definition) is 1. The van der Waals surface area contributed by atoms with E-state index in [0.717, 1.165) is 14.7 Å². The van der Waals surface area contributed by atoms with Gasteiger partial charge in [0.05, 0.1) is 11.6 Å². The van der Waals surface area contributed by atoms with E-state index < -0.39 is 0 Å². The van der Waals surface area contributed by atoms with E-state index >= 15 is 0 Å². The highest BCUT2D eigenvalue weighted by Gasteiger charge is 2.23. The van der Waals surface area contributed by atoms with E-state index in [0.29, 0.717) is 0 Å². The van der Waals surface area contributed by atoms with Crippen LogP contribution in [0.5, 0.6) is 5.75 Å². The molecule has 0 aliphatic heterocycles. The van der Waals surface area contributed by atoms with Gasteiger partial charge in [-0.25, -0.2) is 0 Å². The van der Waals surface area contributed by atoms with Gasteiger partial charge >= 0.3 is 0 Å². The molecule has 0 saturated heterocycles. The van der Waals surface area contributed by atoms with Crippen LogP contribution in [0.25, 0.3) is 0 Å². The zero-order valence-electron chi connectivity index (χ0n) is 8.82. The predicted octanol–water partition coefficient (Wildman–Crippen LogP) is 4.52. The molecule has 0 bridgehead atoms. The Balaban J connectivity index is 3.46. The highest BCUT2D eigenvalue weighted by molar-refractivity contribution is 9.11. The van der Waals surface area contributed by atoms with Gasteiger partial charge in [0.25, 0.3) is 0 Å². The third-order valence-electron chi connectivity index (χ3n) is 2.01. The lowest BCUT2D eigenvalue weighted by atomic mass is 9.86. The SMILES string of the molecule is COc1c(Br)ccc(Br)c1C(C)(C)C. The van der Waals surface area contributed by atoms with Crippen molar-refractivity contribution in [1.29, 1.82) is 0 Å². The van der Waals surface area contributed by atoms with E-state index in [4.69, 9.17) is 4.74 Å². The molecule has 0 amide bonds. The standard InChI is InChI=1S/C11H14Br2O/c1-11(2,3)9-7(12)5-6-8(13)10(9)14-4/h5-6H,1-4H3. The van der Waals surface area contributed by atoms with E-state index in [1.165, 1.54) is 5.56 Å². The quantitative estimate of drug-likeness (QED) is 0.739. The fourth-order valence-corrected chi connectivity index (χ4v) is 2.83. The Morgan fingerprint density at radius 3 is 1.93 bits per heavy atom. The molecule has 0 aliphatic rings. The van der Waals surface area contributed by atoms with E-state index in [-0.39, 0.29) is 5.41 Å². The summed E-state index contributed by atoms with van der Waals surface area (Å²) >= 11 is 7.05. The molecule has 0 radical (unpaired) electrons. The third kappa shape index (κ3) is 2.31. The van der Waals surface area contributed by atoms with Gasteiger partial charge in [-0.05, 0) is 33.5 Å². The van der Waals surface area contributed by atoms with Crippen LogP contribution in [0.2, 0.25) is 0 Å². The lowest BCUT2D eigenvalue weighted by Crippen LogP contribution is -2.14. The second-order valence-corrected chi connectivity index (χ2v) is 5.90. The van der Waals surface area contributed by atoms with Crippen LogP contribution in [0.4, 0.5) is 0 Å². The predicted molar refractivity (Wildman–Crippen MR) is 67.1 cm³/mol. The Morgan fingerprint density at radius 1 is 1.07 bits per heavy atom. The van der Waals surface area contributed by atoms with Crippen molar-refractivity contribution in [2.24, 2.45) is 0 Å². The average molecular weight is 322 g/mol. The van der Waals surface area contributed by atoms with Gasteiger partial charge < -0.3 is 4.74 Å². The minimum absolute atomic E-state index is 0.0634. The van der Waals surface area contributed by atoms with Gasteiger partial charge in [0, 0.05) is 10.0 Å². The summed E-state index contributed by atoms with van der Waals surface area (Å²) in [4.78, 5) is 0. The van der Waals surface area contributed by atoms with Crippen molar-refractivity contribution >= 4 is 31.9 Å². The van der Waals surface area contributed by atoms with Crippen molar-refractivity contribution in [3.05, 3.63) is 26.6 Å². The number of benzene rings is 1. The molecule has 1 rings (SSSR count). The summed E-state index contributed by atoms with van der Waals surface area (Å²) in [7, 11) is 1.70.